The number of rotatable bonds is 4. The van der Waals surface area contributed by atoms with Crippen molar-refractivity contribution in [1.29, 1.82) is 0 Å². The fraction of sp³-hybridized carbons (Fsp3) is 0.643. The van der Waals surface area contributed by atoms with Crippen molar-refractivity contribution < 1.29 is 9.32 Å². The van der Waals surface area contributed by atoms with Crippen molar-refractivity contribution in [2.45, 2.75) is 6.54 Å². The lowest BCUT2D eigenvalue weighted by molar-refractivity contribution is -0.127. The first-order valence-corrected chi connectivity index (χ1v) is 7.37. The molecule has 1 N–H and O–H groups in total. The zero-order valence-corrected chi connectivity index (χ0v) is 16.2. The number of halogens is 1. The normalized spacial score (nSPS) is 16.0. The molecule has 0 unspecified atom stereocenters. The molecule has 0 saturated carbocycles. The first-order valence-electron chi connectivity index (χ1n) is 7.37. The van der Waals surface area contributed by atoms with Crippen LogP contribution >= 0.6 is 24.0 Å². The molecule has 1 aromatic heterocycles. The van der Waals surface area contributed by atoms with Gasteiger partial charge in [-0.25, -0.2) is 0 Å². The van der Waals surface area contributed by atoms with Crippen LogP contribution in [-0.2, 0) is 11.3 Å². The summed E-state index contributed by atoms with van der Waals surface area (Å²) in [7, 11) is 5.23. The highest BCUT2D eigenvalue weighted by molar-refractivity contribution is 14.0. The maximum Gasteiger partial charge on any atom is 0.241 e. The summed E-state index contributed by atoms with van der Waals surface area (Å²) in [4.78, 5) is 22.0. The van der Waals surface area contributed by atoms with E-state index >= 15 is 0 Å². The third-order valence-corrected chi connectivity index (χ3v) is 3.66. The lowest BCUT2D eigenvalue weighted by Crippen LogP contribution is -2.53. The number of aromatic nitrogens is 1. The van der Waals surface area contributed by atoms with Gasteiger partial charge in [0.05, 0.1) is 12.2 Å². The molecule has 9 heteroatoms. The molecule has 23 heavy (non-hydrogen) atoms. The molecule has 2 heterocycles. The molecule has 1 saturated heterocycles. The van der Waals surface area contributed by atoms with Crippen molar-refractivity contribution >= 4 is 35.8 Å². The van der Waals surface area contributed by atoms with Crippen LogP contribution < -0.4 is 5.32 Å². The number of hydrogen-bond acceptors (Lipinski definition) is 5. The molecule has 8 nitrogen and oxygen atoms in total. The molecule has 1 amide bonds. The molecular formula is C14H25IN6O2. The van der Waals surface area contributed by atoms with Crippen molar-refractivity contribution in [2.24, 2.45) is 4.99 Å². The Hall–Kier alpha value is -1.36. The van der Waals surface area contributed by atoms with Crippen LogP contribution in [0.3, 0.4) is 0 Å². The van der Waals surface area contributed by atoms with Gasteiger partial charge in [0.1, 0.15) is 6.26 Å². The van der Waals surface area contributed by atoms with Gasteiger partial charge < -0.3 is 19.6 Å². The van der Waals surface area contributed by atoms with Crippen LogP contribution in [0.4, 0.5) is 0 Å². The summed E-state index contributed by atoms with van der Waals surface area (Å²) < 4.78 is 4.85. The predicted molar refractivity (Wildman–Crippen MR) is 98.8 cm³/mol. The molecule has 2 rings (SSSR count). The van der Waals surface area contributed by atoms with Crippen molar-refractivity contribution in [3.63, 3.8) is 0 Å². The maximum absolute atomic E-state index is 11.6. The van der Waals surface area contributed by atoms with E-state index in [1.807, 2.05) is 6.07 Å². The van der Waals surface area contributed by atoms with Crippen molar-refractivity contribution in [1.82, 2.24) is 25.2 Å². The first-order chi connectivity index (χ1) is 10.6. The summed E-state index contributed by atoms with van der Waals surface area (Å²) in [5.41, 5.74) is 0.951. The van der Waals surface area contributed by atoms with Crippen molar-refractivity contribution in [3.8, 4) is 0 Å². The standard InChI is InChI=1S/C14H24N6O2.HI/c1-15-14(16-10-13(21)18(2)3)20-7-5-19(6-8-20)11-12-4-9-22-17-12;/h4,9H,5-8,10-11H2,1-3H3,(H,15,16);1H. The molecule has 0 spiro atoms. The second kappa shape index (κ2) is 9.71. The summed E-state index contributed by atoms with van der Waals surface area (Å²) in [5.74, 6) is 0.808. The van der Waals surface area contributed by atoms with E-state index in [1.165, 1.54) is 0 Å². The Kier molecular flexibility index (Phi) is 8.31. The summed E-state index contributed by atoms with van der Waals surface area (Å²) in [6.45, 7) is 4.65. The minimum atomic E-state index is 0. The number of nitrogens with zero attached hydrogens (tertiary/aromatic N) is 5. The number of piperazine rings is 1. The van der Waals surface area contributed by atoms with Crippen LogP contribution in [0.5, 0.6) is 0 Å². The smallest absolute Gasteiger partial charge is 0.241 e. The zero-order valence-electron chi connectivity index (χ0n) is 13.9. The monoisotopic (exact) mass is 436 g/mol. The summed E-state index contributed by atoms with van der Waals surface area (Å²) in [6, 6.07) is 1.89. The number of hydrogen-bond donors (Lipinski definition) is 1. The lowest BCUT2D eigenvalue weighted by Gasteiger charge is -2.36. The van der Waals surface area contributed by atoms with Crippen LogP contribution in [0.2, 0.25) is 0 Å². The quantitative estimate of drug-likeness (QED) is 0.409. The predicted octanol–water partition coefficient (Wildman–Crippen LogP) is 0.0738. The number of carbonyl (C=O) groups excluding carboxylic acids is 1. The second-order valence-corrected chi connectivity index (χ2v) is 5.44. The Morgan fingerprint density at radius 1 is 1.39 bits per heavy atom. The average Bonchev–Trinajstić information content (AvgIpc) is 3.02. The van der Waals surface area contributed by atoms with Crippen LogP contribution in [0, 0.1) is 0 Å². The number of likely N-dealkylation sites (N-methyl/N-ethyl adjacent to an activating group) is 1. The minimum absolute atomic E-state index is 0. The van der Waals surface area contributed by atoms with E-state index in [9.17, 15) is 4.79 Å². The maximum atomic E-state index is 11.6. The molecule has 1 aliphatic rings. The zero-order chi connectivity index (χ0) is 15.9. The fourth-order valence-electron chi connectivity index (χ4n) is 2.31. The number of nitrogens with one attached hydrogen (secondary N) is 1. The molecule has 0 aromatic carbocycles. The molecule has 1 fully saturated rings. The Balaban J connectivity index is 0.00000264. The molecule has 0 atom stereocenters. The third kappa shape index (κ3) is 5.98. The Bertz CT molecular complexity index is 497. The van der Waals surface area contributed by atoms with Gasteiger partial charge >= 0.3 is 0 Å². The highest BCUT2D eigenvalue weighted by Gasteiger charge is 2.20. The van der Waals surface area contributed by atoms with E-state index in [0.717, 1.165) is 44.4 Å². The van der Waals surface area contributed by atoms with E-state index in [1.54, 1.807) is 32.3 Å². The Morgan fingerprint density at radius 3 is 2.61 bits per heavy atom. The van der Waals surface area contributed by atoms with Gasteiger partial charge in [0.25, 0.3) is 0 Å². The van der Waals surface area contributed by atoms with Gasteiger partial charge in [-0.3, -0.25) is 14.7 Å². The average molecular weight is 436 g/mol. The van der Waals surface area contributed by atoms with Crippen LogP contribution in [-0.4, -0.2) is 85.6 Å². The van der Waals surface area contributed by atoms with Gasteiger partial charge in [-0.1, -0.05) is 5.16 Å². The highest BCUT2D eigenvalue weighted by Crippen LogP contribution is 2.07. The van der Waals surface area contributed by atoms with Crippen LogP contribution in [0.15, 0.2) is 21.8 Å². The molecule has 130 valence electrons. The SMILES string of the molecule is CN=C(NCC(=O)N(C)C)N1CCN(Cc2ccon2)CC1.I. The van der Waals surface area contributed by atoms with Gasteiger partial charge in [0.2, 0.25) is 5.91 Å². The topological polar surface area (TPSA) is 77.2 Å². The first kappa shape index (κ1) is 19.7. The molecule has 1 aromatic rings. The van der Waals surface area contributed by atoms with E-state index in [4.69, 9.17) is 4.52 Å². The molecule has 0 radical (unpaired) electrons. The number of amides is 1. The molecule has 0 aliphatic carbocycles. The van der Waals surface area contributed by atoms with Gasteiger partial charge in [0.15, 0.2) is 5.96 Å². The van der Waals surface area contributed by atoms with Crippen LogP contribution in [0.1, 0.15) is 5.69 Å². The molecule has 0 bridgehead atoms. The van der Waals surface area contributed by atoms with E-state index in [0.29, 0.717) is 0 Å². The minimum Gasteiger partial charge on any atom is -0.364 e. The molecule has 1 aliphatic heterocycles. The second-order valence-electron chi connectivity index (χ2n) is 5.44. The van der Waals surface area contributed by atoms with Crippen LogP contribution in [0.25, 0.3) is 0 Å². The largest absolute Gasteiger partial charge is 0.364 e. The number of guanidine groups is 1. The summed E-state index contributed by atoms with van der Waals surface area (Å²) in [6.07, 6.45) is 1.60. The summed E-state index contributed by atoms with van der Waals surface area (Å²) >= 11 is 0. The van der Waals surface area contributed by atoms with E-state index in [2.05, 4.69) is 25.3 Å². The highest BCUT2D eigenvalue weighted by atomic mass is 127. The molecular weight excluding hydrogens is 411 g/mol. The lowest BCUT2D eigenvalue weighted by atomic mass is 10.3. The van der Waals surface area contributed by atoms with Crippen molar-refractivity contribution in [2.75, 3.05) is 53.9 Å². The van der Waals surface area contributed by atoms with E-state index < -0.39 is 0 Å². The third-order valence-electron chi connectivity index (χ3n) is 3.66. The van der Waals surface area contributed by atoms with Gasteiger partial charge in [-0.15, -0.1) is 24.0 Å². The summed E-state index contributed by atoms with van der Waals surface area (Å²) in [5, 5.41) is 7.06. The van der Waals surface area contributed by atoms with Gasteiger partial charge in [0, 0.05) is 59.9 Å². The van der Waals surface area contributed by atoms with Crippen molar-refractivity contribution in [3.05, 3.63) is 18.0 Å². The number of aliphatic imine (C=N–C) groups is 1. The fourth-order valence-corrected chi connectivity index (χ4v) is 2.31. The van der Waals surface area contributed by atoms with Gasteiger partial charge in [-0.2, -0.15) is 0 Å². The number of carbonyl (C=O) groups is 1. The Morgan fingerprint density at radius 2 is 2.09 bits per heavy atom. The van der Waals surface area contributed by atoms with E-state index in [-0.39, 0.29) is 36.4 Å². The van der Waals surface area contributed by atoms with Gasteiger partial charge in [-0.05, 0) is 0 Å². The Labute approximate surface area is 153 Å².